The number of rotatable bonds is 6. The summed E-state index contributed by atoms with van der Waals surface area (Å²) in [7, 11) is 0. The summed E-state index contributed by atoms with van der Waals surface area (Å²) in [6.45, 7) is 6.13. The summed E-state index contributed by atoms with van der Waals surface area (Å²) in [5, 5.41) is 4.54. The van der Waals surface area contributed by atoms with Gasteiger partial charge >= 0.3 is 0 Å². The summed E-state index contributed by atoms with van der Waals surface area (Å²) in [4.78, 5) is 21.8. The number of anilines is 1. The lowest BCUT2D eigenvalue weighted by molar-refractivity contribution is 0.0703. The number of aromatic nitrogens is 2. The number of primary amides is 1. The molecule has 4 N–H and O–H groups in total. The summed E-state index contributed by atoms with van der Waals surface area (Å²) in [5.74, 6) is 1.31. The van der Waals surface area contributed by atoms with Gasteiger partial charge in [0.05, 0.1) is 11.3 Å². The number of carbonyl (C=O) groups excluding carboxylic acids is 1. The molecule has 4 rings (SSSR count). The quantitative estimate of drug-likeness (QED) is 0.743. The lowest BCUT2D eigenvalue weighted by Crippen LogP contribution is -2.48. The number of pyridine rings is 1. The SMILES string of the molecule is CCC1CN(CC2CCC(Nc3c(C(N)=O)cnc4[nH]ccc34)CC2)C1. The minimum Gasteiger partial charge on any atom is -0.381 e. The molecular formula is C20H29N5O. The van der Waals surface area contributed by atoms with Crippen LogP contribution in [-0.4, -0.2) is 46.5 Å². The Balaban J connectivity index is 1.37. The summed E-state index contributed by atoms with van der Waals surface area (Å²) in [6, 6.07) is 2.35. The topological polar surface area (TPSA) is 87.0 Å². The van der Waals surface area contributed by atoms with Crippen molar-refractivity contribution in [3.8, 4) is 0 Å². The zero-order valence-electron chi connectivity index (χ0n) is 15.5. The van der Waals surface area contributed by atoms with Gasteiger partial charge in [0.15, 0.2) is 0 Å². The maximum absolute atomic E-state index is 11.8. The molecule has 3 heterocycles. The molecule has 1 aliphatic carbocycles. The Morgan fingerprint density at radius 3 is 2.77 bits per heavy atom. The molecule has 2 fully saturated rings. The average Bonchev–Trinajstić information content (AvgIpc) is 3.08. The molecule has 6 nitrogen and oxygen atoms in total. The van der Waals surface area contributed by atoms with Gasteiger partial charge in [-0.25, -0.2) is 4.98 Å². The predicted molar refractivity (Wildman–Crippen MR) is 104 cm³/mol. The van der Waals surface area contributed by atoms with Crippen molar-refractivity contribution in [2.45, 2.75) is 45.1 Å². The second-order valence-electron chi connectivity index (χ2n) is 8.01. The van der Waals surface area contributed by atoms with Gasteiger partial charge in [-0.2, -0.15) is 0 Å². The Morgan fingerprint density at radius 2 is 2.08 bits per heavy atom. The van der Waals surface area contributed by atoms with Crippen LogP contribution in [0.15, 0.2) is 18.5 Å². The number of nitrogens with two attached hydrogens (primary N) is 1. The third-order valence-corrected chi connectivity index (χ3v) is 6.17. The van der Waals surface area contributed by atoms with Crippen LogP contribution in [0.4, 0.5) is 5.69 Å². The van der Waals surface area contributed by atoms with E-state index in [0.717, 1.165) is 41.4 Å². The predicted octanol–water partition coefficient (Wildman–Crippen LogP) is 2.97. The highest BCUT2D eigenvalue weighted by molar-refractivity contribution is 6.05. The van der Waals surface area contributed by atoms with Crippen LogP contribution in [-0.2, 0) is 0 Å². The van der Waals surface area contributed by atoms with Crippen LogP contribution in [0.25, 0.3) is 11.0 Å². The summed E-state index contributed by atoms with van der Waals surface area (Å²) >= 11 is 0. The van der Waals surface area contributed by atoms with Crippen LogP contribution in [0.3, 0.4) is 0 Å². The largest absolute Gasteiger partial charge is 0.381 e. The smallest absolute Gasteiger partial charge is 0.252 e. The first kappa shape index (κ1) is 17.3. The Morgan fingerprint density at radius 1 is 1.31 bits per heavy atom. The van der Waals surface area contributed by atoms with E-state index in [0.29, 0.717) is 11.6 Å². The normalized spacial score (nSPS) is 24.5. The van der Waals surface area contributed by atoms with Crippen molar-refractivity contribution in [3.05, 3.63) is 24.0 Å². The zero-order valence-corrected chi connectivity index (χ0v) is 15.5. The summed E-state index contributed by atoms with van der Waals surface area (Å²) in [6.07, 6.45) is 9.51. The lowest BCUT2D eigenvalue weighted by Gasteiger charge is -2.42. The molecule has 2 aliphatic rings. The second-order valence-corrected chi connectivity index (χ2v) is 8.01. The van der Waals surface area contributed by atoms with E-state index >= 15 is 0 Å². The minimum atomic E-state index is -0.431. The van der Waals surface area contributed by atoms with Crippen LogP contribution in [0.5, 0.6) is 0 Å². The second kappa shape index (κ2) is 7.27. The molecule has 0 aromatic carbocycles. The van der Waals surface area contributed by atoms with Gasteiger partial charge in [0, 0.05) is 43.5 Å². The maximum atomic E-state index is 11.8. The molecule has 140 valence electrons. The number of amides is 1. The van der Waals surface area contributed by atoms with Crippen molar-refractivity contribution in [2.24, 2.45) is 17.6 Å². The van der Waals surface area contributed by atoms with E-state index in [2.05, 4.69) is 27.1 Å². The van der Waals surface area contributed by atoms with Gasteiger partial charge < -0.3 is 20.9 Å². The van der Waals surface area contributed by atoms with Gasteiger partial charge in [0.25, 0.3) is 5.91 Å². The number of hydrogen-bond donors (Lipinski definition) is 3. The minimum absolute atomic E-state index is 0.393. The molecule has 1 aliphatic heterocycles. The molecule has 2 aromatic heterocycles. The first-order valence-corrected chi connectivity index (χ1v) is 9.88. The van der Waals surface area contributed by atoms with E-state index in [9.17, 15) is 4.79 Å². The van der Waals surface area contributed by atoms with E-state index in [1.165, 1.54) is 38.9 Å². The number of carbonyl (C=O) groups is 1. The zero-order chi connectivity index (χ0) is 18.1. The van der Waals surface area contributed by atoms with E-state index in [1.807, 2.05) is 12.3 Å². The number of likely N-dealkylation sites (tertiary alicyclic amines) is 1. The molecule has 2 aromatic rings. The maximum Gasteiger partial charge on any atom is 0.252 e. The third kappa shape index (κ3) is 3.43. The molecule has 6 heteroatoms. The first-order chi connectivity index (χ1) is 12.6. The number of hydrogen-bond acceptors (Lipinski definition) is 4. The number of nitrogens with one attached hydrogen (secondary N) is 2. The fourth-order valence-electron chi connectivity index (χ4n) is 4.49. The monoisotopic (exact) mass is 355 g/mol. The molecule has 1 saturated heterocycles. The van der Waals surface area contributed by atoms with E-state index in [-0.39, 0.29) is 0 Å². The fourth-order valence-corrected chi connectivity index (χ4v) is 4.49. The molecule has 0 atom stereocenters. The molecule has 0 spiro atoms. The molecule has 1 saturated carbocycles. The van der Waals surface area contributed by atoms with Crippen molar-refractivity contribution in [2.75, 3.05) is 25.0 Å². The Labute approximate surface area is 154 Å². The Bertz CT molecular complexity index is 772. The van der Waals surface area contributed by atoms with Gasteiger partial charge in [0.2, 0.25) is 0 Å². The van der Waals surface area contributed by atoms with Gasteiger partial charge in [0.1, 0.15) is 5.65 Å². The fraction of sp³-hybridized carbons (Fsp3) is 0.600. The highest BCUT2D eigenvalue weighted by Gasteiger charge is 2.29. The van der Waals surface area contributed by atoms with Gasteiger partial charge in [-0.3, -0.25) is 4.79 Å². The number of H-pyrrole nitrogens is 1. The summed E-state index contributed by atoms with van der Waals surface area (Å²) < 4.78 is 0. The molecule has 1 amide bonds. The van der Waals surface area contributed by atoms with Crippen LogP contribution < -0.4 is 11.1 Å². The van der Waals surface area contributed by atoms with Crippen molar-refractivity contribution in [1.29, 1.82) is 0 Å². The standard InChI is InChI=1S/C20H29N5O/c1-2-13-10-25(11-13)12-14-3-5-15(6-4-14)24-18-16-7-8-22-20(16)23-9-17(18)19(21)26/h7-9,13-15H,2-6,10-12H2,1H3,(H2,21,26)(H2,22,23,24). The highest BCUT2D eigenvalue weighted by atomic mass is 16.1. The van der Waals surface area contributed by atoms with Crippen molar-refractivity contribution >= 4 is 22.6 Å². The molecule has 26 heavy (non-hydrogen) atoms. The van der Waals surface area contributed by atoms with E-state index < -0.39 is 5.91 Å². The van der Waals surface area contributed by atoms with Gasteiger partial charge in [-0.05, 0) is 43.6 Å². The van der Waals surface area contributed by atoms with Crippen LogP contribution in [0.1, 0.15) is 49.4 Å². The molecule has 0 bridgehead atoms. The molecular weight excluding hydrogens is 326 g/mol. The van der Waals surface area contributed by atoms with Crippen LogP contribution >= 0.6 is 0 Å². The third-order valence-electron chi connectivity index (χ3n) is 6.17. The van der Waals surface area contributed by atoms with Gasteiger partial charge in [-0.1, -0.05) is 13.3 Å². The average molecular weight is 355 g/mol. The first-order valence-electron chi connectivity index (χ1n) is 9.88. The Hall–Kier alpha value is -2.08. The molecule has 0 unspecified atom stereocenters. The molecule has 0 radical (unpaired) electrons. The lowest BCUT2D eigenvalue weighted by atomic mass is 9.84. The van der Waals surface area contributed by atoms with Gasteiger partial charge in [-0.15, -0.1) is 0 Å². The number of aromatic amines is 1. The highest BCUT2D eigenvalue weighted by Crippen LogP contribution is 2.32. The summed E-state index contributed by atoms with van der Waals surface area (Å²) in [5.41, 5.74) is 7.66. The van der Waals surface area contributed by atoms with E-state index in [1.54, 1.807) is 6.20 Å². The van der Waals surface area contributed by atoms with Crippen molar-refractivity contribution < 1.29 is 4.79 Å². The number of nitrogens with zero attached hydrogens (tertiary/aromatic N) is 2. The van der Waals surface area contributed by atoms with E-state index in [4.69, 9.17) is 5.73 Å². The van der Waals surface area contributed by atoms with Crippen molar-refractivity contribution in [1.82, 2.24) is 14.9 Å². The van der Waals surface area contributed by atoms with Crippen molar-refractivity contribution in [3.63, 3.8) is 0 Å². The van der Waals surface area contributed by atoms with Crippen LogP contribution in [0, 0.1) is 11.8 Å². The van der Waals surface area contributed by atoms with Crippen LogP contribution in [0.2, 0.25) is 0 Å². The Kier molecular flexibility index (Phi) is 4.85. The number of fused-ring (bicyclic) bond motifs is 1.